The van der Waals surface area contributed by atoms with E-state index in [0.29, 0.717) is 30.3 Å². The zero-order chi connectivity index (χ0) is 17.4. The van der Waals surface area contributed by atoms with E-state index in [-0.39, 0.29) is 12.0 Å². The molecule has 2 unspecified atom stereocenters. The Morgan fingerprint density at radius 1 is 1.12 bits per heavy atom. The highest BCUT2D eigenvalue weighted by Crippen LogP contribution is 2.43. The van der Waals surface area contributed by atoms with Crippen molar-refractivity contribution in [1.29, 1.82) is 0 Å². The fourth-order valence-electron chi connectivity index (χ4n) is 3.03. The van der Waals surface area contributed by atoms with Crippen LogP contribution < -0.4 is 14.4 Å². The summed E-state index contributed by atoms with van der Waals surface area (Å²) in [4.78, 5) is 14.7. The van der Waals surface area contributed by atoms with Crippen LogP contribution in [0.25, 0.3) is 0 Å². The van der Waals surface area contributed by atoms with Crippen molar-refractivity contribution in [2.75, 3.05) is 32.3 Å². The molecule has 0 saturated carbocycles. The van der Waals surface area contributed by atoms with Gasteiger partial charge in [-0.1, -0.05) is 18.2 Å². The van der Waals surface area contributed by atoms with Gasteiger partial charge in [-0.2, -0.15) is 0 Å². The molecule has 2 aromatic rings. The maximum Gasteiger partial charge on any atom is 0.261 e. The second-order valence-electron chi connectivity index (χ2n) is 5.95. The van der Waals surface area contributed by atoms with Gasteiger partial charge in [0, 0.05) is 11.3 Å². The molecule has 6 heteroatoms. The van der Waals surface area contributed by atoms with Gasteiger partial charge in [0.25, 0.3) is 5.91 Å². The van der Waals surface area contributed by atoms with E-state index in [2.05, 4.69) is 0 Å². The molecule has 25 heavy (non-hydrogen) atoms. The molecule has 2 atom stereocenters. The van der Waals surface area contributed by atoms with Crippen LogP contribution >= 0.6 is 0 Å². The molecule has 2 aliphatic rings. The Morgan fingerprint density at radius 2 is 1.80 bits per heavy atom. The molecular weight excluding hydrogens is 322 g/mol. The van der Waals surface area contributed by atoms with Crippen LogP contribution in [0.15, 0.2) is 42.5 Å². The SMILES string of the molecule is COc1cc2c(cc1OC)C(OCC1CO1)N(c1ccccc1)C2=O. The van der Waals surface area contributed by atoms with E-state index in [0.717, 1.165) is 11.3 Å². The molecule has 2 heterocycles. The number of carbonyl (C=O) groups excluding carboxylic acids is 1. The van der Waals surface area contributed by atoms with Crippen LogP contribution in [0.3, 0.4) is 0 Å². The molecule has 1 fully saturated rings. The van der Waals surface area contributed by atoms with Crippen LogP contribution in [0, 0.1) is 0 Å². The second kappa shape index (κ2) is 6.38. The van der Waals surface area contributed by atoms with Crippen LogP contribution in [0.5, 0.6) is 11.5 Å². The van der Waals surface area contributed by atoms with Gasteiger partial charge in [-0.3, -0.25) is 9.69 Å². The number of benzene rings is 2. The number of ether oxygens (including phenoxy) is 4. The summed E-state index contributed by atoms with van der Waals surface area (Å²) in [5.74, 6) is 0.970. The van der Waals surface area contributed by atoms with Crippen molar-refractivity contribution in [3.63, 3.8) is 0 Å². The van der Waals surface area contributed by atoms with Gasteiger partial charge in [0.05, 0.1) is 33.0 Å². The minimum atomic E-state index is -0.520. The third-order valence-corrected chi connectivity index (χ3v) is 4.38. The summed E-state index contributed by atoms with van der Waals surface area (Å²) in [6.07, 6.45) is -0.411. The summed E-state index contributed by atoms with van der Waals surface area (Å²) in [6.45, 7) is 1.14. The number of epoxide rings is 1. The smallest absolute Gasteiger partial charge is 0.261 e. The minimum absolute atomic E-state index is 0.108. The van der Waals surface area contributed by atoms with E-state index in [1.54, 1.807) is 25.2 Å². The van der Waals surface area contributed by atoms with Crippen molar-refractivity contribution in [3.8, 4) is 11.5 Å². The molecule has 0 aliphatic carbocycles. The average molecular weight is 341 g/mol. The van der Waals surface area contributed by atoms with Gasteiger partial charge < -0.3 is 18.9 Å². The van der Waals surface area contributed by atoms with Crippen molar-refractivity contribution >= 4 is 11.6 Å². The van der Waals surface area contributed by atoms with Gasteiger partial charge in [0.1, 0.15) is 6.10 Å². The first-order valence-electron chi connectivity index (χ1n) is 8.10. The molecule has 4 rings (SSSR count). The van der Waals surface area contributed by atoms with Gasteiger partial charge >= 0.3 is 0 Å². The van der Waals surface area contributed by atoms with Crippen LogP contribution in [-0.4, -0.2) is 39.4 Å². The number of fused-ring (bicyclic) bond motifs is 1. The lowest BCUT2D eigenvalue weighted by Crippen LogP contribution is -2.30. The van der Waals surface area contributed by atoms with Gasteiger partial charge in [0.2, 0.25) is 0 Å². The van der Waals surface area contributed by atoms with E-state index in [1.807, 2.05) is 36.4 Å². The molecule has 1 amide bonds. The fraction of sp³-hybridized carbons (Fsp3) is 0.316. The number of hydrogen-bond donors (Lipinski definition) is 0. The number of rotatable bonds is 6. The molecule has 0 N–H and O–H groups in total. The van der Waals surface area contributed by atoms with Crippen LogP contribution in [0.1, 0.15) is 22.1 Å². The van der Waals surface area contributed by atoms with Crippen molar-refractivity contribution < 1.29 is 23.7 Å². The number of anilines is 1. The van der Waals surface area contributed by atoms with Crippen LogP contribution in [-0.2, 0) is 9.47 Å². The highest BCUT2D eigenvalue weighted by molar-refractivity contribution is 6.11. The first-order chi connectivity index (χ1) is 12.2. The van der Waals surface area contributed by atoms with E-state index in [4.69, 9.17) is 18.9 Å². The first-order valence-corrected chi connectivity index (χ1v) is 8.10. The topological polar surface area (TPSA) is 60.5 Å². The molecule has 130 valence electrons. The Labute approximate surface area is 145 Å². The number of hydrogen-bond acceptors (Lipinski definition) is 5. The van der Waals surface area contributed by atoms with E-state index < -0.39 is 6.23 Å². The molecule has 0 bridgehead atoms. The summed E-state index contributed by atoms with van der Waals surface area (Å²) < 4.78 is 22.0. The van der Waals surface area contributed by atoms with Gasteiger partial charge in [0.15, 0.2) is 17.7 Å². The lowest BCUT2D eigenvalue weighted by molar-refractivity contribution is 0.0427. The van der Waals surface area contributed by atoms with E-state index in [1.165, 1.54) is 0 Å². The molecular formula is C19H19NO5. The number of amides is 1. The van der Waals surface area contributed by atoms with Crippen LogP contribution in [0.2, 0.25) is 0 Å². The zero-order valence-corrected chi connectivity index (χ0v) is 14.1. The van der Waals surface area contributed by atoms with E-state index in [9.17, 15) is 4.79 Å². The number of methoxy groups -OCH3 is 2. The number of carbonyl (C=O) groups is 1. The Hall–Kier alpha value is -2.57. The van der Waals surface area contributed by atoms with Crippen molar-refractivity contribution in [3.05, 3.63) is 53.6 Å². The minimum Gasteiger partial charge on any atom is -0.493 e. The maximum atomic E-state index is 13.1. The number of para-hydroxylation sites is 1. The molecule has 6 nitrogen and oxygen atoms in total. The van der Waals surface area contributed by atoms with E-state index >= 15 is 0 Å². The largest absolute Gasteiger partial charge is 0.493 e. The average Bonchev–Trinajstić information content (AvgIpc) is 3.44. The van der Waals surface area contributed by atoms with Crippen molar-refractivity contribution in [2.24, 2.45) is 0 Å². The third kappa shape index (κ3) is 2.83. The number of nitrogens with zero attached hydrogens (tertiary/aromatic N) is 1. The van der Waals surface area contributed by atoms with Gasteiger partial charge in [-0.15, -0.1) is 0 Å². The standard InChI is InChI=1S/C19H19NO5/c1-22-16-8-14-15(9-17(16)23-2)19(25-11-13-10-24-13)20(18(14)21)12-6-4-3-5-7-12/h3-9,13,19H,10-11H2,1-2H3. The summed E-state index contributed by atoms with van der Waals surface area (Å²) in [6, 6.07) is 13.0. The fourth-order valence-corrected chi connectivity index (χ4v) is 3.03. The molecule has 0 aromatic heterocycles. The summed E-state index contributed by atoms with van der Waals surface area (Å²) in [5, 5.41) is 0. The summed E-state index contributed by atoms with van der Waals surface area (Å²) in [5.41, 5.74) is 2.11. The molecule has 0 spiro atoms. The predicted molar refractivity (Wildman–Crippen MR) is 91.2 cm³/mol. The quantitative estimate of drug-likeness (QED) is 0.756. The maximum absolute atomic E-state index is 13.1. The Morgan fingerprint density at radius 3 is 2.44 bits per heavy atom. The molecule has 2 aromatic carbocycles. The Balaban J connectivity index is 1.77. The van der Waals surface area contributed by atoms with Crippen LogP contribution in [0.4, 0.5) is 5.69 Å². The normalized spacial score (nSPS) is 21.2. The Kier molecular flexibility index (Phi) is 4.07. The Bertz CT molecular complexity index is 788. The summed E-state index contributed by atoms with van der Waals surface area (Å²) in [7, 11) is 3.13. The zero-order valence-electron chi connectivity index (χ0n) is 14.1. The molecule has 0 radical (unpaired) electrons. The first kappa shape index (κ1) is 15.9. The third-order valence-electron chi connectivity index (χ3n) is 4.38. The van der Waals surface area contributed by atoms with Gasteiger partial charge in [-0.05, 0) is 24.3 Å². The van der Waals surface area contributed by atoms with Crippen molar-refractivity contribution in [1.82, 2.24) is 0 Å². The lowest BCUT2D eigenvalue weighted by Gasteiger charge is -2.25. The summed E-state index contributed by atoms with van der Waals surface area (Å²) >= 11 is 0. The highest BCUT2D eigenvalue weighted by Gasteiger charge is 2.40. The van der Waals surface area contributed by atoms with Crippen molar-refractivity contribution in [2.45, 2.75) is 12.3 Å². The predicted octanol–water partition coefficient (Wildman–Crippen LogP) is 2.78. The molecule has 1 saturated heterocycles. The highest BCUT2D eigenvalue weighted by atomic mass is 16.6. The monoisotopic (exact) mass is 341 g/mol. The molecule has 2 aliphatic heterocycles. The van der Waals surface area contributed by atoms with Gasteiger partial charge in [-0.25, -0.2) is 0 Å². The lowest BCUT2D eigenvalue weighted by atomic mass is 10.1. The second-order valence-corrected chi connectivity index (χ2v) is 5.95.